The molecule has 42 heavy (non-hydrogen) atoms. The molecule has 7 nitrogen and oxygen atoms in total. The Morgan fingerprint density at radius 2 is 1.83 bits per heavy atom. The lowest BCUT2D eigenvalue weighted by atomic mass is 9.90. The average molecular weight is 595 g/mol. The van der Waals surface area contributed by atoms with Gasteiger partial charge in [-0.15, -0.1) is 0 Å². The van der Waals surface area contributed by atoms with Crippen LogP contribution in [0.25, 0.3) is 11.1 Å². The van der Waals surface area contributed by atoms with Crippen LogP contribution in [0.15, 0.2) is 42.5 Å². The Hall–Kier alpha value is -3.43. The number of aliphatic carboxylic acids is 1. The molecule has 2 aliphatic heterocycles. The summed E-state index contributed by atoms with van der Waals surface area (Å²) in [5.41, 5.74) is 5.37. The Bertz CT molecular complexity index is 1540. The smallest absolute Gasteiger partial charge is 0.304 e. The molecule has 0 spiro atoms. The van der Waals surface area contributed by atoms with E-state index in [9.17, 15) is 14.1 Å². The predicted octanol–water partition coefficient (Wildman–Crippen LogP) is 5.78. The topological polar surface area (TPSA) is 102 Å². The third kappa shape index (κ3) is 5.64. The second kappa shape index (κ2) is 11.3. The van der Waals surface area contributed by atoms with Crippen molar-refractivity contribution < 1.29 is 37.8 Å². The van der Waals surface area contributed by atoms with Gasteiger partial charge in [-0.2, -0.15) is 0 Å². The summed E-state index contributed by atoms with van der Waals surface area (Å²) in [6.45, 7) is 4.49. The number of ether oxygens (including phenoxy) is 3. The number of aliphatic hydroxyl groups is 1. The van der Waals surface area contributed by atoms with E-state index in [1.165, 1.54) is 6.07 Å². The molecule has 0 bridgehead atoms. The van der Waals surface area contributed by atoms with E-state index in [0.717, 1.165) is 33.4 Å². The van der Waals surface area contributed by atoms with Gasteiger partial charge >= 0.3 is 5.97 Å². The lowest BCUT2D eigenvalue weighted by Crippen LogP contribution is -2.42. The summed E-state index contributed by atoms with van der Waals surface area (Å²) in [5, 5.41) is 20.0. The molecule has 3 aliphatic rings. The van der Waals surface area contributed by atoms with E-state index in [-0.39, 0.29) is 24.8 Å². The molecule has 2 heterocycles. The minimum Gasteiger partial charge on any atom is -0.492 e. The third-order valence-electron chi connectivity index (χ3n) is 8.72. The van der Waals surface area contributed by atoms with Crippen molar-refractivity contribution in [1.82, 2.24) is 0 Å². The zero-order valence-corrected chi connectivity index (χ0v) is 24.6. The van der Waals surface area contributed by atoms with Crippen LogP contribution in [0.3, 0.4) is 0 Å². The molecule has 1 fully saturated rings. The van der Waals surface area contributed by atoms with Gasteiger partial charge in [0.1, 0.15) is 41.4 Å². The monoisotopic (exact) mass is 594 g/mol. The lowest BCUT2D eigenvalue weighted by Gasteiger charge is -2.31. The molecular weight excluding hydrogens is 559 g/mol. The number of hydrogen-bond donors (Lipinski definition) is 2. The fraction of sp³-hybridized carbons (Fsp3) is 0.424. The van der Waals surface area contributed by atoms with Gasteiger partial charge in [0.05, 0.1) is 13.0 Å². The number of benzene rings is 3. The van der Waals surface area contributed by atoms with Crippen molar-refractivity contribution in [2.75, 3.05) is 24.7 Å². The number of fused-ring (bicyclic) bond motifs is 2. The summed E-state index contributed by atoms with van der Waals surface area (Å²) in [6, 6.07) is 12.7. The number of aryl methyl sites for hydroxylation is 2. The molecule has 0 aromatic heterocycles. The first kappa shape index (κ1) is 28.7. The van der Waals surface area contributed by atoms with Crippen LogP contribution in [0.2, 0.25) is 0 Å². The molecule has 6 rings (SSSR count). The van der Waals surface area contributed by atoms with Crippen molar-refractivity contribution in [3.8, 4) is 28.4 Å². The molecule has 222 valence electrons. The molecule has 2 N–H and O–H groups in total. The van der Waals surface area contributed by atoms with Crippen molar-refractivity contribution in [2.24, 2.45) is 0 Å². The molecule has 2 atom stereocenters. The molecule has 9 heteroatoms. The quantitative estimate of drug-likeness (QED) is 0.341. The highest BCUT2D eigenvalue weighted by Gasteiger charge is 2.34. The van der Waals surface area contributed by atoms with Crippen molar-refractivity contribution in [1.29, 1.82) is 0 Å². The summed E-state index contributed by atoms with van der Waals surface area (Å²) in [6.07, 6.45) is 1.78. The molecule has 0 saturated carbocycles. The second-order valence-electron chi connectivity index (χ2n) is 11.7. The number of hydrogen-bond acceptors (Lipinski definition) is 6. The van der Waals surface area contributed by atoms with Crippen LogP contribution in [-0.2, 0) is 22.0 Å². The Morgan fingerprint density at radius 1 is 1.10 bits per heavy atom. The number of carboxylic acid groups (broad SMARTS) is 1. The minimum atomic E-state index is -0.966. The molecule has 0 unspecified atom stereocenters. The minimum absolute atomic E-state index is 0.00846. The maximum absolute atomic E-state index is 15.3. The second-order valence-corrected chi connectivity index (χ2v) is 13.4. The van der Waals surface area contributed by atoms with Crippen molar-refractivity contribution in [2.45, 2.75) is 63.6 Å². The maximum atomic E-state index is 15.3. The molecule has 1 aliphatic carbocycles. The highest BCUT2D eigenvalue weighted by molar-refractivity contribution is 7.85. The van der Waals surface area contributed by atoms with Crippen LogP contribution in [0, 0.1) is 19.7 Å². The summed E-state index contributed by atoms with van der Waals surface area (Å²) >= 11 is 0. The normalized spacial score (nSPS) is 24.5. The van der Waals surface area contributed by atoms with Gasteiger partial charge in [0.25, 0.3) is 0 Å². The van der Waals surface area contributed by atoms with Gasteiger partial charge < -0.3 is 24.4 Å². The standard InChI is InChI=1S/C33H35FO7S/c1-19-13-23(40-18-33(37)9-11-42(38)12-10-33)14-20(2)31(19)25-5-7-27(34)32-26(25)6-8-28(32)41-22-3-4-24-21(15-30(35)36)17-39-29(24)16-22/h3-5,7,13-14,16,21,28,37H,6,8-12,15,17-18H2,1-2H3,(H,35,36)/t21-,28-,33?,42?/m1/s1. The van der Waals surface area contributed by atoms with Crippen LogP contribution in [-0.4, -0.2) is 50.7 Å². The van der Waals surface area contributed by atoms with Crippen LogP contribution < -0.4 is 14.2 Å². The van der Waals surface area contributed by atoms with Crippen LogP contribution in [0.5, 0.6) is 17.2 Å². The van der Waals surface area contributed by atoms with E-state index in [1.54, 1.807) is 12.1 Å². The van der Waals surface area contributed by atoms with Crippen LogP contribution in [0.4, 0.5) is 4.39 Å². The SMILES string of the molecule is Cc1cc(OCC2(O)CCS(=O)CC2)cc(C)c1-c1ccc(F)c2c1CC[C@H]2Oc1ccc2c(c1)OC[C@H]2CC(=O)O. The van der Waals surface area contributed by atoms with Gasteiger partial charge in [0, 0.05) is 45.4 Å². The summed E-state index contributed by atoms with van der Waals surface area (Å²) in [7, 11) is -0.861. The number of halogens is 1. The van der Waals surface area contributed by atoms with Gasteiger partial charge in [-0.25, -0.2) is 4.39 Å². The molecule has 0 radical (unpaired) electrons. The maximum Gasteiger partial charge on any atom is 0.304 e. The van der Waals surface area contributed by atoms with E-state index in [1.807, 2.05) is 38.1 Å². The third-order valence-corrected chi connectivity index (χ3v) is 10.0. The Morgan fingerprint density at radius 3 is 2.55 bits per heavy atom. The van der Waals surface area contributed by atoms with E-state index in [4.69, 9.17) is 19.3 Å². The lowest BCUT2D eigenvalue weighted by molar-refractivity contribution is -0.137. The summed E-state index contributed by atoms with van der Waals surface area (Å²) < 4.78 is 45.1. The van der Waals surface area contributed by atoms with Crippen LogP contribution in [0.1, 0.15) is 65.5 Å². The molecular formula is C33H35FO7S. The summed E-state index contributed by atoms with van der Waals surface area (Å²) in [4.78, 5) is 11.2. The molecule has 3 aromatic carbocycles. The van der Waals surface area contributed by atoms with Gasteiger partial charge in [-0.1, -0.05) is 12.1 Å². The number of rotatable bonds is 8. The van der Waals surface area contributed by atoms with E-state index < -0.39 is 28.5 Å². The zero-order valence-electron chi connectivity index (χ0n) is 23.8. The first-order chi connectivity index (χ1) is 20.1. The Balaban J connectivity index is 1.22. The Labute approximate surface area is 247 Å². The fourth-order valence-corrected chi connectivity index (χ4v) is 7.95. The van der Waals surface area contributed by atoms with Gasteiger partial charge in [-0.3, -0.25) is 9.00 Å². The highest BCUT2D eigenvalue weighted by atomic mass is 32.2. The molecule has 0 amide bonds. The fourth-order valence-electron chi connectivity index (χ4n) is 6.53. The highest BCUT2D eigenvalue weighted by Crippen LogP contribution is 2.45. The van der Waals surface area contributed by atoms with Gasteiger partial charge in [0.15, 0.2) is 0 Å². The Kier molecular flexibility index (Phi) is 7.74. The predicted molar refractivity (Wildman–Crippen MR) is 157 cm³/mol. The zero-order chi connectivity index (χ0) is 29.6. The first-order valence-electron chi connectivity index (χ1n) is 14.4. The largest absolute Gasteiger partial charge is 0.492 e. The van der Waals surface area contributed by atoms with Crippen molar-refractivity contribution in [3.63, 3.8) is 0 Å². The molecule has 3 aromatic rings. The van der Waals surface area contributed by atoms with E-state index >= 15 is 4.39 Å². The van der Waals surface area contributed by atoms with Gasteiger partial charge in [-0.05, 0) is 91.6 Å². The number of carbonyl (C=O) groups is 1. The molecule has 1 saturated heterocycles. The van der Waals surface area contributed by atoms with E-state index in [0.29, 0.717) is 66.6 Å². The van der Waals surface area contributed by atoms with Crippen molar-refractivity contribution >= 4 is 16.8 Å². The average Bonchev–Trinajstić information content (AvgIpc) is 3.55. The first-order valence-corrected chi connectivity index (χ1v) is 15.9. The van der Waals surface area contributed by atoms with Crippen molar-refractivity contribution in [3.05, 3.63) is 76.1 Å². The van der Waals surface area contributed by atoms with Crippen LogP contribution >= 0.6 is 0 Å². The van der Waals surface area contributed by atoms with Gasteiger partial charge in [0.2, 0.25) is 0 Å². The number of carboxylic acids is 1. The van der Waals surface area contributed by atoms with E-state index in [2.05, 4.69) is 0 Å². The summed E-state index contributed by atoms with van der Waals surface area (Å²) in [5.74, 6) is 1.47.